The molecule has 2 aromatic carbocycles. The fourth-order valence-electron chi connectivity index (χ4n) is 2.91. The van der Waals surface area contributed by atoms with Crippen LogP contribution in [-0.2, 0) is 16.1 Å². The molecule has 0 saturated heterocycles. The number of hydrogen-bond donors (Lipinski definition) is 0. The lowest BCUT2D eigenvalue weighted by Gasteiger charge is -2.04. The van der Waals surface area contributed by atoms with Gasteiger partial charge in [0, 0.05) is 23.6 Å². The topological polar surface area (TPSA) is 60.7 Å². The SMILES string of the molecule is COC(=O)c1ccc2c(c1)sc(=NC(=O)CCCSc1ccc(F)cc1)n2CCSC. The largest absolute Gasteiger partial charge is 0.465 e. The van der Waals surface area contributed by atoms with Crippen molar-refractivity contribution in [1.29, 1.82) is 0 Å². The van der Waals surface area contributed by atoms with Crippen molar-refractivity contribution in [1.82, 2.24) is 4.57 Å². The van der Waals surface area contributed by atoms with Gasteiger partial charge in [-0.3, -0.25) is 4.79 Å². The highest BCUT2D eigenvalue weighted by molar-refractivity contribution is 7.99. The van der Waals surface area contributed by atoms with Crippen molar-refractivity contribution >= 4 is 57.0 Å². The molecule has 0 aliphatic heterocycles. The summed E-state index contributed by atoms with van der Waals surface area (Å²) in [6, 6.07) is 11.7. The average molecular weight is 479 g/mol. The van der Waals surface area contributed by atoms with E-state index in [1.165, 1.54) is 30.6 Å². The predicted molar refractivity (Wildman–Crippen MR) is 126 cm³/mol. The Bertz CT molecular complexity index is 1120. The Labute approximate surface area is 192 Å². The van der Waals surface area contributed by atoms with Gasteiger partial charge in [-0.1, -0.05) is 11.3 Å². The van der Waals surface area contributed by atoms with E-state index in [1.807, 2.05) is 16.9 Å². The van der Waals surface area contributed by atoms with Crippen LogP contribution in [0, 0.1) is 5.82 Å². The van der Waals surface area contributed by atoms with Gasteiger partial charge >= 0.3 is 5.97 Å². The van der Waals surface area contributed by atoms with Gasteiger partial charge in [-0.25, -0.2) is 9.18 Å². The quantitative estimate of drug-likeness (QED) is 0.246. The van der Waals surface area contributed by atoms with E-state index in [0.29, 0.717) is 23.2 Å². The number of fused-ring (bicyclic) bond motifs is 1. The summed E-state index contributed by atoms with van der Waals surface area (Å²) in [5.41, 5.74) is 1.43. The summed E-state index contributed by atoms with van der Waals surface area (Å²) in [6.45, 7) is 0.727. The van der Waals surface area contributed by atoms with Crippen LogP contribution in [0.15, 0.2) is 52.4 Å². The van der Waals surface area contributed by atoms with E-state index in [9.17, 15) is 14.0 Å². The Kier molecular flexibility index (Phi) is 8.74. The number of aromatic nitrogens is 1. The van der Waals surface area contributed by atoms with E-state index in [1.54, 1.807) is 47.8 Å². The van der Waals surface area contributed by atoms with Crippen LogP contribution in [0.1, 0.15) is 23.2 Å². The molecular weight excluding hydrogens is 455 g/mol. The van der Waals surface area contributed by atoms with Gasteiger partial charge in [-0.2, -0.15) is 16.8 Å². The number of nitrogens with zero attached hydrogens (tertiary/aromatic N) is 2. The van der Waals surface area contributed by atoms with Gasteiger partial charge in [-0.15, -0.1) is 11.8 Å². The first kappa shape index (κ1) is 23.6. The molecule has 0 saturated carbocycles. The smallest absolute Gasteiger partial charge is 0.337 e. The third-order valence-corrected chi connectivity index (χ3v) is 7.19. The van der Waals surface area contributed by atoms with Crippen molar-refractivity contribution in [2.75, 3.05) is 24.9 Å². The highest BCUT2D eigenvalue weighted by atomic mass is 32.2. The number of methoxy groups -OCH3 is 1. The van der Waals surface area contributed by atoms with Gasteiger partial charge in [-0.05, 0) is 60.9 Å². The number of carbonyl (C=O) groups is 2. The average Bonchev–Trinajstić information content (AvgIpc) is 3.11. The Balaban J connectivity index is 1.72. The summed E-state index contributed by atoms with van der Waals surface area (Å²) in [4.78, 5) is 30.3. The molecule has 5 nitrogen and oxygen atoms in total. The summed E-state index contributed by atoms with van der Waals surface area (Å²) in [5.74, 6) is 0.834. The normalized spacial score (nSPS) is 11.8. The van der Waals surface area contributed by atoms with Gasteiger partial charge in [0.15, 0.2) is 4.80 Å². The number of rotatable bonds is 9. The maximum atomic E-state index is 13.0. The number of benzene rings is 2. The third kappa shape index (κ3) is 6.44. The van der Waals surface area contributed by atoms with Crippen molar-refractivity contribution < 1.29 is 18.7 Å². The lowest BCUT2D eigenvalue weighted by molar-refractivity contribution is -0.118. The van der Waals surface area contributed by atoms with Crippen LogP contribution in [0.25, 0.3) is 10.2 Å². The summed E-state index contributed by atoms with van der Waals surface area (Å²) in [5, 5.41) is 0. The fraction of sp³-hybridized carbons (Fsp3) is 0.318. The molecule has 164 valence electrons. The van der Waals surface area contributed by atoms with Crippen LogP contribution in [0.3, 0.4) is 0 Å². The van der Waals surface area contributed by atoms with Gasteiger partial charge in [0.05, 0.1) is 22.9 Å². The molecule has 0 N–H and O–H groups in total. The number of aryl methyl sites for hydroxylation is 1. The second kappa shape index (κ2) is 11.5. The number of amides is 1. The van der Waals surface area contributed by atoms with Gasteiger partial charge in [0.2, 0.25) is 5.91 Å². The van der Waals surface area contributed by atoms with Crippen molar-refractivity contribution in [3.63, 3.8) is 0 Å². The molecule has 1 amide bonds. The molecule has 31 heavy (non-hydrogen) atoms. The molecule has 1 aromatic heterocycles. The Hall–Kier alpha value is -2.10. The molecule has 3 rings (SSSR count). The van der Waals surface area contributed by atoms with Gasteiger partial charge in [0.1, 0.15) is 5.82 Å². The summed E-state index contributed by atoms with van der Waals surface area (Å²) in [7, 11) is 1.35. The van der Waals surface area contributed by atoms with Crippen LogP contribution in [-0.4, -0.2) is 41.3 Å². The Morgan fingerprint density at radius 3 is 2.65 bits per heavy atom. The molecule has 0 aliphatic rings. The minimum absolute atomic E-state index is 0.169. The summed E-state index contributed by atoms with van der Waals surface area (Å²) >= 11 is 4.71. The van der Waals surface area contributed by atoms with Crippen LogP contribution >= 0.6 is 34.9 Å². The molecule has 0 bridgehead atoms. The Morgan fingerprint density at radius 2 is 1.94 bits per heavy atom. The maximum absolute atomic E-state index is 13.0. The fourth-order valence-corrected chi connectivity index (χ4v) is 5.24. The highest BCUT2D eigenvalue weighted by Gasteiger charge is 2.12. The molecule has 1 heterocycles. The lowest BCUT2D eigenvalue weighted by Crippen LogP contribution is -2.18. The third-order valence-electron chi connectivity index (χ3n) is 4.46. The molecular formula is C22H23FN2O3S3. The first-order valence-corrected chi connectivity index (χ1v) is 12.9. The number of hydrogen-bond acceptors (Lipinski definition) is 6. The lowest BCUT2D eigenvalue weighted by atomic mass is 10.2. The van der Waals surface area contributed by atoms with Gasteiger partial charge < -0.3 is 9.30 Å². The Morgan fingerprint density at radius 1 is 1.16 bits per heavy atom. The van der Waals surface area contributed by atoms with Gasteiger partial charge in [0.25, 0.3) is 0 Å². The minimum Gasteiger partial charge on any atom is -0.465 e. The van der Waals surface area contributed by atoms with E-state index in [0.717, 1.165) is 33.2 Å². The zero-order chi connectivity index (χ0) is 22.2. The number of thiazole rings is 1. The molecule has 0 aliphatic carbocycles. The first-order valence-electron chi connectivity index (χ1n) is 9.68. The van der Waals surface area contributed by atoms with Crippen molar-refractivity contribution in [2.24, 2.45) is 4.99 Å². The summed E-state index contributed by atoms with van der Waals surface area (Å²) < 4.78 is 20.7. The molecule has 3 aromatic rings. The van der Waals surface area contributed by atoms with Crippen LogP contribution in [0.4, 0.5) is 4.39 Å². The van der Waals surface area contributed by atoms with Crippen molar-refractivity contribution in [3.05, 3.63) is 58.6 Å². The standard InChI is InChI=1S/C22H23FN2O3S3/c1-28-21(27)15-5-10-18-19(14-15)31-22(25(18)11-13-29-2)24-20(26)4-3-12-30-17-8-6-16(23)7-9-17/h5-10,14H,3-4,11-13H2,1-2H3. The zero-order valence-electron chi connectivity index (χ0n) is 17.3. The number of halogens is 1. The first-order chi connectivity index (χ1) is 15.0. The molecule has 0 radical (unpaired) electrons. The highest BCUT2D eigenvalue weighted by Crippen LogP contribution is 2.21. The second-order valence-corrected chi connectivity index (χ2v) is 9.78. The van der Waals surface area contributed by atoms with E-state index in [4.69, 9.17) is 4.74 Å². The van der Waals surface area contributed by atoms with Crippen LogP contribution < -0.4 is 4.80 Å². The molecule has 0 fully saturated rings. The van der Waals surface area contributed by atoms with Crippen LogP contribution in [0.5, 0.6) is 0 Å². The monoisotopic (exact) mass is 478 g/mol. The molecule has 9 heteroatoms. The summed E-state index contributed by atoms with van der Waals surface area (Å²) in [6.07, 6.45) is 3.07. The predicted octanol–water partition coefficient (Wildman–Crippen LogP) is 4.99. The maximum Gasteiger partial charge on any atom is 0.337 e. The second-order valence-electron chi connectivity index (χ2n) is 6.61. The van der Waals surface area contributed by atoms with Crippen molar-refractivity contribution in [2.45, 2.75) is 24.3 Å². The number of carbonyl (C=O) groups excluding carboxylic acids is 2. The number of esters is 1. The molecule has 0 atom stereocenters. The molecule has 0 unspecified atom stereocenters. The minimum atomic E-state index is -0.390. The van der Waals surface area contributed by atoms with E-state index in [2.05, 4.69) is 4.99 Å². The molecule has 0 spiro atoms. The number of ether oxygens (including phenoxy) is 1. The van der Waals surface area contributed by atoms with Crippen molar-refractivity contribution in [3.8, 4) is 0 Å². The van der Waals surface area contributed by atoms with E-state index >= 15 is 0 Å². The number of thioether (sulfide) groups is 2. The van der Waals surface area contributed by atoms with Crippen LogP contribution in [0.2, 0.25) is 0 Å². The van der Waals surface area contributed by atoms with E-state index in [-0.39, 0.29) is 17.7 Å². The zero-order valence-corrected chi connectivity index (χ0v) is 19.7. The van der Waals surface area contributed by atoms with E-state index < -0.39 is 0 Å².